The average molecular weight is 279 g/mol. The van der Waals surface area contributed by atoms with Gasteiger partial charge in [0.15, 0.2) is 0 Å². The fourth-order valence-corrected chi connectivity index (χ4v) is 1.89. The summed E-state index contributed by atoms with van der Waals surface area (Å²) in [5.41, 5.74) is 1.88. The fourth-order valence-electron chi connectivity index (χ4n) is 1.89. The van der Waals surface area contributed by atoms with E-state index in [0.717, 1.165) is 6.42 Å². The molecule has 4 nitrogen and oxygen atoms in total. The van der Waals surface area contributed by atoms with Crippen LogP contribution in [0.3, 0.4) is 0 Å². The van der Waals surface area contributed by atoms with E-state index in [1.54, 1.807) is 0 Å². The SMILES string of the molecule is Cc1ccccc1CC(CO)CNC(=O)OC(C)(C)C. The highest BCUT2D eigenvalue weighted by Gasteiger charge is 2.17. The molecule has 0 radical (unpaired) electrons. The number of hydrogen-bond acceptors (Lipinski definition) is 3. The monoisotopic (exact) mass is 279 g/mol. The van der Waals surface area contributed by atoms with Crippen molar-refractivity contribution in [2.24, 2.45) is 5.92 Å². The number of amides is 1. The molecule has 1 unspecified atom stereocenters. The minimum atomic E-state index is -0.505. The molecule has 1 aromatic rings. The van der Waals surface area contributed by atoms with Crippen LogP contribution in [0.1, 0.15) is 31.9 Å². The van der Waals surface area contributed by atoms with Gasteiger partial charge < -0.3 is 15.2 Å². The maximum Gasteiger partial charge on any atom is 0.407 e. The standard InChI is InChI=1S/C16H25NO3/c1-12-7-5-6-8-14(12)9-13(11-18)10-17-15(19)20-16(2,3)4/h5-8,13,18H,9-11H2,1-4H3,(H,17,19). The van der Waals surface area contributed by atoms with E-state index in [0.29, 0.717) is 6.54 Å². The van der Waals surface area contributed by atoms with E-state index in [9.17, 15) is 9.90 Å². The number of aliphatic hydroxyl groups is 1. The van der Waals surface area contributed by atoms with Crippen LogP contribution in [0.15, 0.2) is 24.3 Å². The highest BCUT2D eigenvalue weighted by Crippen LogP contribution is 2.13. The Bertz CT molecular complexity index is 438. The molecule has 4 heteroatoms. The Hall–Kier alpha value is -1.55. The van der Waals surface area contributed by atoms with Gasteiger partial charge >= 0.3 is 6.09 Å². The third kappa shape index (κ3) is 6.06. The Morgan fingerprint density at radius 2 is 2.00 bits per heavy atom. The molecule has 0 fully saturated rings. The minimum Gasteiger partial charge on any atom is -0.444 e. The van der Waals surface area contributed by atoms with Crippen molar-refractivity contribution in [2.45, 2.75) is 39.7 Å². The summed E-state index contributed by atoms with van der Waals surface area (Å²) >= 11 is 0. The van der Waals surface area contributed by atoms with E-state index in [2.05, 4.69) is 5.32 Å². The molecule has 0 bridgehead atoms. The van der Waals surface area contributed by atoms with Crippen molar-refractivity contribution in [1.29, 1.82) is 0 Å². The van der Waals surface area contributed by atoms with Crippen molar-refractivity contribution >= 4 is 6.09 Å². The summed E-state index contributed by atoms with van der Waals surface area (Å²) in [5, 5.41) is 12.1. The fraction of sp³-hybridized carbons (Fsp3) is 0.562. The topological polar surface area (TPSA) is 58.6 Å². The molecule has 0 saturated heterocycles. The maximum atomic E-state index is 11.6. The van der Waals surface area contributed by atoms with Crippen LogP contribution in [-0.4, -0.2) is 30.0 Å². The summed E-state index contributed by atoms with van der Waals surface area (Å²) in [4.78, 5) is 11.6. The number of aliphatic hydroxyl groups excluding tert-OH is 1. The molecule has 1 aromatic carbocycles. The van der Waals surface area contributed by atoms with Gasteiger partial charge in [0.2, 0.25) is 0 Å². The molecule has 0 aliphatic carbocycles. The second-order valence-electron chi connectivity index (χ2n) is 6.06. The van der Waals surface area contributed by atoms with Crippen molar-refractivity contribution in [3.05, 3.63) is 35.4 Å². The Balaban J connectivity index is 2.48. The highest BCUT2D eigenvalue weighted by molar-refractivity contribution is 5.67. The van der Waals surface area contributed by atoms with Crippen LogP contribution in [0.5, 0.6) is 0 Å². The van der Waals surface area contributed by atoms with E-state index in [4.69, 9.17) is 4.74 Å². The molecule has 0 aliphatic rings. The van der Waals surface area contributed by atoms with Gasteiger partial charge in [0.1, 0.15) is 5.60 Å². The van der Waals surface area contributed by atoms with Crippen molar-refractivity contribution in [3.8, 4) is 0 Å². The lowest BCUT2D eigenvalue weighted by Gasteiger charge is -2.21. The second kappa shape index (κ2) is 7.29. The lowest BCUT2D eigenvalue weighted by atomic mass is 9.97. The third-order valence-electron chi connectivity index (χ3n) is 2.96. The number of hydrogen-bond donors (Lipinski definition) is 2. The van der Waals surface area contributed by atoms with Crippen LogP contribution in [0.4, 0.5) is 4.79 Å². The van der Waals surface area contributed by atoms with Crippen molar-refractivity contribution < 1.29 is 14.6 Å². The van der Waals surface area contributed by atoms with Gasteiger partial charge in [-0.25, -0.2) is 4.79 Å². The number of carbonyl (C=O) groups is 1. The van der Waals surface area contributed by atoms with Crippen LogP contribution in [0, 0.1) is 12.8 Å². The zero-order valence-electron chi connectivity index (χ0n) is 12.8. The summed E-state index contributed by atoms with van der Waals surface area (Å²) in [6, 6.07) is 8.07. The normalized spacial score (nSPS) is 12.8. The molecule has 0 spiro atoms. The van der Waals surface area contributed by atoms with E-state index >= 15 is 0 Å². The van der Waals surface area contributed by atoms with Gasteiger partial charge in [0.25, 0.3) is 0 Å². The number of alkyl carbamates (subject to hydrolysis) is 1. The van der Waals surface area contributed by atoms with Gasteiger partial charge in [-0.1, -0.05) is 24.3 Å². The number of nitrogens with one attached hydrogen (secondary N) is 1. The summed E-state index contributed by atoms with van der Waals surface area (Å²) in [7, 11) is 0. The van der Waals surface area contributed by atoms with Gasteiger partial charge in [-0.15, -0.1) is 0 Å². The van der Waals surface area contributed by atoms with Crippen LogP contribution in [-0.2, 0) is 11.2 Å². The highest BCUT2D eigenvalue weighted by atomic mass is 16.6. The minimum absolute atomic E-state index is 0.0105. The molecule has 0 heterocycles. The third-order valence-corrected chi connectivity index (χ3v) is 2.96. The van der Waals surface area contributed by atoms with Gasteiger partial charge in [-0.05, 0) is 45.2 Å². The van der Waals surface area contributed by atoms with Crippen molar-refractivity contribution in [2.75, 3.05) is 13.2 Å². The van der Waals surface area contributed by atoms with E-state index in [1.807, 2.05) is 52.0 Å². The molecule has 0 aromatic heterocycles. The predicted molar refractivity (Wildman–Crippen MR) is 79.7 cm³/mol. The Labute approximate surface area is 121 Å². The number of benzene rings is 1. The molecule has 0 aliphatic heterocycles. The summed E-state index contributed by atoms with van der Waals surface area (Å²) in [6.45, 7) is 7.95. The van der Waals surface area contributed by atoms with E-state index in [1.165, 1.54) is 11.1 Å². The largest absolute Gasteiger partial charge is 0.444 e. The Morgan fingerprint density at radius 3 is 2.55 bits per heavy atom. The predicted octanol–water partition coefficient (Wildman–Crippen LogP) is 2.67. The van der Waals surface area contributed by atoms with E-state index < -0.39 is 11.7 Å². The van der Waals surface area contributed by atoms with Crippen LogP contribution >= 0.6 is 0 Å². The molecule has 112 valence electrons. The zero-order chi connectivity index (χ0) is 15.2. The quantitative estimate of drug-likeness (QED) is 0.871. The molecular formula is C16H25NO3. The molecule has 2 N–H and O–H groups in total. The van der Waals surface area contributed by atoms with Gasteiger partial charge in [-0.2, -0.15) is 0 Å². The maximum absolute atomic E-state index is 11.6. The summed E-state index contributed by atoms with van der Waals surface area (Å²) in [5.74, 6) is -0.0105. The number of rotatable bonds is 5. The first-order valence-electron chi connectivity index (χ1n) is 6.94. The number of ether oxygens (including phenoxy) is 1. The average Bonchev–Trinajstić information content (AvgIpc) is 2.34. The van der Waals surface area contributed by atoms with Gasteiger partial charge in [-0.3, -0.25) is 0 Å². The number of carbonyl (C=O) groups excluding carboxylic acids is 1. The number of aryl methyl sites for hydroxylation is 1. The van der Waals surface area contributed by atoms with Gasteiger partial charge in [0.05, 0.1) is 0 Å². The molecule has 0 saturated carbocycles. The van der Waals surface area contributed by atoms with Crippen molar-refractivity contribution in [3.63, 3.8) is 0 Å². The molecular weight excluding hydrogens is 254 g/mol. The van der Waals surface area contributed by atoms with Crippen molar-refractivity contribution in [1.82, 2.24) is 5.32 Å². The molecule has 1 amide bonds. The Kier molecular flexibility index (Phi) is 6.02. The Morgan fingerprint density at radius 1 is 1.35 bits per heavy atom. The second-order valence-corrected chi connectivity index (χ2v) is 6.06. The molecule has 1 atom stereocenters. The first kappa shape index (κ1) is 16.5. The summed E-state index contributed by atoms with van der Waals surface area (Å²) in [6.07, 6.45) is 0.291. The zero-order valence-corrected chi connectivity index (χ0v) is 12.8. The van der Waals surface area contributed by atoms with Crippen LogP contribution in [0.25, 0.3) is 0 Å². The lowest BCUT2D eigenvalue weighted by molar-refractivity contribution is 0.0512. The first-order chi connectivity index (χ1) is 9.31. The van der Waals surface area contributed by atoms with Crippen LogP contribution < -0.4 is 5.32 Å². The molecule has 1 rings (SSSR count). The first-order valence-corrected chi connectivity index (χ1v) is 6.94. The molecule has 20 heavy (non-hydrogen) atoms. The summed E-state index contributed by atoms with van der Waals surface area (Å²) < 4.78 is 5.17. The smallest absolute Gasteiger partial charge is 0.407 e. The lowest BCUT2D eigenvalue weighted by Crippen LogP contribution is -2.36. The van der Waals surface area contributed by atoms with Crippen LogP contribution in [0.2, 0.25) is 0 Å². The van der Waals surface area contributed by atoms with E-state index in [-0.39, 0.29) is 12.5 Å². The van der Waals surface area contributed by atoms with Gasteiger partial charge in [0, 0.05) is 19.1 Å².